The lowest BCUT2D eigenvalue weighted by molar-refractivity contribution is -0.162. The molecule has 1 saturated carbocycles. The average Bonchev–Trinajstić information content (AvgIpc) is 2.56. The topological polar surface area (TPSA) is 46.5 Å². The average molecular weight is 328 g/mol. The molecule has 1 aliphatic heterocycles. The molecule has 130 valence electrons. The molecular weight excluding hydrogens is 300 g/mol. The maximum Gasteiger partial charge on any atom is 0.338 e. The number of esters is 1. The molecule has 1 unspecified atom stereocenters. The van der Waals surface area contributed by atoms with Crippen molar-refractivity contribution in [1.29, 1.82) is 0 Å². The van der Waals surface area contributed by atoms with E-state index in [-0.39, 0.29) is 17.6 Å². The van der Waals surface area contributed by atoms with Gasteiger partial charge in [-0.05, 0) is 37.7 Å². The molecule has 1 fully saturated rings. The van der Waals surface area contributed by atoms with Crippen LogP contribution in [-0.2, 0) is 9.53 Å². The lowest BCUT2D eigenvalue weighted by atomic mass is 9.79. The molecule has 0 aromatic heterocycles. The van der Waals surface area contributed by atoms with E-state index in [1.54, 1.807) is 0 Å². The molecule has 0 saturated heterocycles. The number of carbonyl (C=O) groups is 1. The van der Waals surface area contributed by atoms with E-state index in [0.29, 0.717) is 12.0 Å². The Morgan fingerprint density at radius 1 is 1.08 bits per heavy atom. The summed E-state index contributed by atoms with van der Waals surface area (Å²) in [6, 6.07) is 9.94. The van der Waals surface area contributed by atoms with Gasteiger partial charge in [0.05, 0.1) is 5.57 Å². The van der Waals surface area contributed by atoms with Crippen LogP contribution in [0, 0.1) is 0 Å². The second-order valence-electron chi connectivity index (χ2n) is 7.25. The highest BCUT2D eigenvalue weighted by Crippen LogP contribution is 2.42. The van der Waals surface area contributed by atoms with Crippen LogP contribution in [0.3, 0.4) is 0 Å². The summed E-state index contributed by atoms with van der Waals surface area (Å²) in [5.74, 6) is -0.151. The Labute approximate surface area is 144 Å². The molecule has 1 N–H and O–H groups in total. The minimum Gasteiger partial charge on any atom is -0.512 e. The zero-order valence-corrected chi connectivity index (χ0v) is 14.6. The molecule has 0 amide bonds. The number of ether oxygens (including phenoxy) is 1. The molecule has 2 aliphatic rings. The van der Waals surface area contributed by atoms with Gasteiger partial charge >= 0.3 is 5.97 Å². The second-order valence-corrected chi connectivity index (χ2v) is 7.25. The van der Waals surface area contributed by atoms with Crippen LogP contribution in [0.5, 0.6) is 0 Å². The Morgan fingerprint density at radius 3 is 2.29 bits per heavy atom. The Balaban J connectivity index is 1.88. The second kappa shape index (κ2) is 7.42. The minimum absolute atomic E-state index is 0.0930. The summed E-state index contributed by atoms with van der Waals surface area (Å²) in [7, 11) is 0. The van der Waals surface area contributed by atoms with Gasteiger partial charge in [-0.25, -0.2) is 4.79 Å². The van der Waals surface area contributed by atoms with Crippen LogP contribution < -0.4 is 0 Å². The van der Waals surface area contributed by atoms with Crippen molar-refractivity contribution in [3.63, 3.8) is 0 Å². The van der Waals surface area contributed by atoms with Gasteiger partial charge in [0.2, 0.25) is 0 Å². The summed E-state index contributed by atoms with van der Waals surface area (Å²) in [4.78, 5) is 12.8. The summed E-state index contributed by atoms with van der Waals surface area (Å²) >= 11 is 0. The lowest BCUT2D eigenvalue weighted by Crippen LogP contribution is -2.41. The van der Waals surface area contributed by atoms with Crippen LogP contribution in [0.4, 0.5) is 0 Å². The van der Waals surface area contributed by atoms with Gasteiger partial charge < -0.3 is 9.84 Å². The Bertz CT molecular complexity index is 595. The highest BCUT2D eigenvalue weighted by Gasteiger charge is 2.43. The minimum atomic E-state index is -0.472. The molecule has 24 heavy (non-hydrogen) atoms. The number of aliphatic hydroxyl groups is 1. The normalized spacial score (nSPS) is 22.6. The molecule has 0 radical (unpaired) electrons. The van der Waals surface area contributed by atoms with Crippen molar-refractivity contribution < 1.29 is 14.6 Å². The lowest BCUT2D eigenvalue weighted by Gasteiger charge is -2.39. The maximum atomic E-state index is 12.8. The largest absolute Gasteiger partial charge is 0.512 e. The van der Waals surface area contributed by atoms with Gasteiger partial charge in [0.15, 0.2) is 0 Å². The summed E-state index contributed by atoms with van der Waals surface area (Å²) < 4.78 is 5.98. The third-order valence-electron chi connectivity index (χ3n) is 5.55. The SMILES string of the molecule is CCC(C1=C(O)CC2(CCCCCCC2)OC1=O)c1ccccc1. The first-order valence-electron chi connectivity index (χ1n) is 9.35. The van der Waals surface area contributed by atoms with Crippen LogP contribution in [0.25, 0.3) is 0 Å². The first kappa shape index (κ1) is 17.1. The predicted octanol–water partition coefficient (Wildman–Crippen LogP) is 5.42. The number of benzene rings is 1. The van der Waals surface area contributed by atoms with Gasteiger partial charge in [-0.2, -0.15) is 0 Å². The zero-order chi connectivity index (χ0) is 17.0. The third kappa shape index (κ3) is 3.50. The quantitative estimate of drug-likeness (QED) is 0.753. The van der Waals surface area contributed by atoms with E-state index in [1.807, 2.05) is 37.3 Å². The highest BCUT2D eigenvalue weighted by atomic mass is 16.6. The summed E-state index contributed by atoms with van der Waals surface area (Å²) in [5, 5.41) is 10.8. The van der Waals surface area contributed by atoms with Gasteiger partial charge in [0, 0.05) is 12.3 Å². The Hall–Kier alpha value is -1.77. The van der Waals surface area contributed by atoms with Crippen molar-refractivity contribution in [2.24, 2.45) is 0 Å². The van der Waals surface area contributed by atoms with Crippen LogP contribution in [0.2, 0.25) is 0 Å². The predicted molar refractivity (Wildman–Crippen MR) is 94.9 cm³/mol. The van der Waals surface area contributed by atoms with Crippen molar-refractivity contribution >= 4 is 5.97 Å². The van der Waals surface area contributed by atoms with Crippen LogP contribution in [0.15, 0.2) is 41.7 Å². The summed E-state index contributed by atoms with van der Waals surface area (Å²) in [5.41, 5.74) is 1.06. The molecule has 1 heterocycles. The van der Waals surface area contributed by atoms with E-state index in [1.165, 1.54) is 19.3 Å². The van der Waals surface area contributed by atoms with E-state index >= 15 is 0 Å². The number of aliphatic hydroxyl groups excluding tert-OH is 1. The van der Waals surface area contributed by atoms with E-state index < -0.39 is 5.60 Å². The number of carbonyl (C=O) groups excluding carboxylic acids is 1. The van der Waals surface area contributed by atoms with Crippen molar-refractivity contribution in [3.8, 4) is 0 Å². The van der Waals surface area contributed by atoms with Gasteiger partial charge in [-0.1, -0.05) is 56.5 Å². The van der Waals surface area contributed by atoms with Crippen molar-refractivity contribution in [2.75, 3.05) is 0 Å². The molecule has 1 atom stereocenters. The molecule has 3 rings (SSSR count). The first-order valence-corrected chi connectivity index (χ1v) is 9.35. The van der Waals surface area contributed by atoms with E-state index in [2.05, 4.69) is 0 Å². The smallest absolute Gasteiger partial charge is 0.338 e. The van der Waals surface area contributed by atoms with Gasteiger partial charge in [0.1, 0.15) is 11.4 Å². The molecule has 1 aromatic rings. The van der Waals surface area contributed by atoms with Crippen LogP contribution >= 0.6 is 0 Å². The van der Waals surface area contributed by atoms with Crippen molar-refractivity contribution in [3.05, 3.63) is 47.2 Å². The van der Waals surface area contributed by atoms with Crippen LogP contribution in [-0.4, -0.2) is 16.7 Å². The Morgan fingerprint density at radius 2 is 1.71 bits per heavy atom. The molecule has 1 aliphatic carbocycles. The highest BCUT2D eigenvalue weighted by molar-refractivity contribution is 5.92. The van der Waals surface area contributed by atoms with E-state index in [0.717, 1.165) is 37.7 Å². The summed E-state index contributed by atoms with van der Waals surface area (Å²) in [6.45, 7) is 2.05. The van der Waals surface area contributed by atoms with Gasteiger partial charge in [-0.15, -0.1) is 0 Å². The Kier molecular flexibility index (Phi) is 5.27. The third-order valence-corrected chi connectivity index (χ3v) is 5.55. The molecule has 0 bridgehead atoms. The molecule has 1 spiro atoms. The van der Waals surface area contributed by atoms with E-state index in [9.17, 15) is 9.90 Å². The zero-order valence-electron chi connectivity index (χ0n) is 14.6. The number of hydrogen-bond donors (Lipinski definition) is 1. The number of rotatable bonds is 3. The van der Waals surface area contributed by atoms with Crippen molar-refractivity contribution in [2.45, 2.75) is 76.2 Å². The van der Waals surface area contributed by atoms with Gasteiger partial charge in [-0.3, -0.25) is 0 Å². The van der Waals surface area contributed by atoms with Crippen molar-refractivity contribution in [1.82, 2.24) is 0 Å². The monoisotopic (exact) mass is 328 g/mol. The molecule has 3 heteroatoms. The molecule has 1 aromatic carbocycles. The first-order chi connectivity index (χ1) is 11.7. The fourth-order valence-electron chi connectivity index (χ4n) is 4.27. The number of hydrogen-bond acceptors (Lipinski definition) is 3. The maximum absolute atomic E-state index is 12.8. The van der Waals surface area contributed by atoms with Gasteiger partial charge in [0.25, 0.3) is 0 Å². The summed E-state index contributed by atoms with van der Waals surface area (Å²) in [6.07, 6.45) is 8.80. The fourth-order valence-corrected chi connectivity index (χ4v) is 4.27. The standard InChI is InChI=1S/C21H28O3/c1-2-17(16-11-7-6-8-12-16)19-18(22)15-21(24-20(19)23)13-9-4-3-5-10-14-21/h6-8,11-12,17,22H,2-5,9-10,13-15H2,1H3. The van der Waals surface area contributed by atoms with E-state index in [4.69, 9.17) is 4.74 Å². The molecule has 3 nitrogen and oxygen atoms in total. The molecular formula is C21H28O3. The fraction of sp³-hybridized carbons (Fsp3) is 0.571. The van der Waals surface area contributed by atoms with Crippen LogP contribution in [0.1, 0.15) is 76.2 Å².